The lowest BCUT2D eigenvalue weighted by atomic mass is 10.0. The van der Waals surface area contributed by atoms with Crippen LogP contribution in [0.3, 0.4) is 0 Å². The molecule has 1 nitrogen and oxygen atoms in total. The van der Waals surface area contributed by atoms with Crippen molar-refractivity contribution in [3.63, 3.8) is 0 Å². The van der Waals surface area contributed by atoms with E-state index in [4.69, 9.17) is 0 Å². The van der Waals surface area contributed by atoms with Crippen LogP contribution in [-0.4, -0.2) is 12.3 Å². The Labute approximate surface area is 143 Å². The molecule has 1 unspecified atom stereocenters. The molecule has 1 N–H and O–H groups in total. The number of aryl methyl sites for hydroxylation is 1. The Balaban J connectivity index is 1.84. The van der Waals surface area contributed by atoms with Crippen LogP contribution in [-0.2, 0) is 18.6 Å². The van der Waals surface area contributed by atoms with Crippen molar-refractivity contribution in [1.82, 2.24) is 5.32 Å². The van der Waals surface area contributed by atoms with Gasteiger partial charge < -0.3 is 5.32 Å². The zero-order valence-electron chi connectivity index (χ0n) is 12.2. The van der Waals surface area contributed by atoms with E-state index in [9.17, 15) is 0 Å². The molecule has 0 bridgehead atoms. The third-order valence-corrected chi connectivity index (χ3v) is 6.95. The van der Waals surface area contributed by atoms with Gasteiger partial charge in [-0.05, 0) is 48.4 Å². The highest BCUT2D eigenvalue weighted by Gasteiger charge is 2.19. The third-order valence-electron chi connectivity index (χ3n) is 3.82. The van der Waals surface area contributed by atoms with E-state index in [1.165, 1.54) is 32.8 Å². The molecule has 0 radical (unpaired) electrons. The van der Waals surface area contributed by atoms with Crippen LogP contribution < -0.4 is 5.32 Å². The van der Waals surface area contributed by atoms with Crippen molar-refractivity contribution in [2.75, 3.05) is 12.3 Å². The van der Waals surface area contributed by atoms with Gasteiger partial charge in [0.1, 0.15) is 0 Å². The van der Waals surface area contributed by atoms with Gasteiger partial charge in [-0.2, -0.15) is 11.8 Å². The zero-order chi connectivity index (χ0) is 14.7. The summed E-state index contributed by atoms with van der Waals surface area (Å²) < 4.78 is 1.21. The van der Waals surface area contributed by atoms with Gasteiger partial charge in [-0.15, -0.1) is 11.3 Å². The van der Waals surface area contributed by atoms with E-state index in [1.54, 1.807) is 10.4 Å². The highest BCUT2D eigenvalue weighted by atomic mass is 79.9. The highest BCUT2D eigenvalue weighted by molar-refractivity contribution is 9.10. The zero-order valence-corrected chi connectivity index (χ0v) is 15.4. The molecule has 1 aliphatic heterocycles. The van der Waals surface area contributed by atoms with Gasteiger partial charge in [-0.25, -0.2) is 0 Å². The lowest BCUT2D eigenvalue weighted by Crippen LogP contribution is -2.22. The Morgan fingerprint density at radius 1 is 1.33 bits per heavy atom. The van der Waals surface area contributed by atoms with Gasteiger partial charge in [0.2, 0.25) is 0 Å². The molecule has 112 valence electrons. The lowest BCUT2D eigenvalue weighted by molar-refractivity contribution is 0.557. The molecule has 0 saturated heterocycles. The fraction of sp³-hybridized carbons (Fsp3) is 0.412. The Morgan fingerprint density at radius 3 is 2.95 bits per heavy atom. The Kier molecular flexibility index (Phi) is 5.43. The van der Waals surface area contributed by atoms with Crippen molar-refractivity contribution in [1.29, 1.82) is 0 Å². The van der Waals surface area contributed by atoms with Crippen LogP contribution in [0.2, 0.25) is 0 Å². The smallest absolute Gasteiger partial charge is 0.0456 e. The average Bonchev–Trinajstić information content (AvgIpc) is 2.93. The maximum absolute atomic E-state index is 3.68. The summed E-state index contributed by atoms with van der Waals surface area (Å²) in [5, 5.41) is 3.67. The first-order chi connectivity index (χ1) is 10.3. The molecular weight excluding hydrogens is 362 g/mol. The standard InChI is InChI=1S/C17H20BrNS2/c1-2-19-15(9-12-5-3-4-6-14(12)18)17-10-13-11-20-8-7-16(13)21-17/h3-6,10,15,19H,2,7-9,11H2,1H3. The van der Waals surface area contributed by atoms with E-state index in [0.29, 0.717) is 6.04 Å². The SMILES string of the molecule is CCNC(Cc1ccccc1Br)c1cc2c(s1)CCSC2. The maximum Gasteiger partial charge on any atom is 0.0456 e. The monoisotopic (exact) mass is 381 g/mol. The molecule has 3 rings (SSSR count). The van der Waals surface area contributed by atoms with Gasteiger partial charge in [0.25, 0.3) is 0 Å². The molecular formula is C17H20BrNS2. The minimum absolute atomic E-state index is 0.425. The van der Waals surface area contributed by atoms with E-state index in [0.717, 1.165) is 13.0 Å². The van der Waals surface area contributed by atoms with Crippen LogP contribution in [0.15, 0.2) is 34.8 Å². The van der Waals surface area contributed by atoms with Crippen LogP contribution in [0.5, 0.6) is 0 Å². The Morgan fingerprint density at radius 2 is 2.19 bits per heavy atom. The fourth-order valence-corrected chi connectivity index (χ4v) is 5.64. The molecule has 1 aromatic heterocycles. The summed E-state index contributed by atoms with van der Waals surface area (Å²) in [6, 6.07) is 11.4. The lowest BCUT2D eigenvalue weighted by Gasteiger charge is -2.17. The molecule has 1 aliphatic rings. The van der Waals surface area contributed by atoms with Crippen molar-refractivity contribution >= 4 is 39.0 Å². The van der Waals surface area contributed by atoms with Crippen molar-refractivity contribution in [2.45, 2.75) is 31.6 Å². The molecule has 4 heteroatoms. The largest absolute Gasteiger partial charge is 0.309 e. The average molecular weight is 382 g/mol. The second-order valence-corrected chi connectivity index (χ2v) is 8.43. The van der Waals surface area contributed by atoms with Crippen molar-refractivity contribution in [2.24, 2.45) is 0 Å². The molecule has 0 amide bonds. The van der Waals surface area contributed by atoms with Gasteiger partial charge in [-0.1, -0.05) is 41.1 Å². The number of fused-ring (bicyclic) bond motifs is 1. The third kappa shape index (κ3) is 3.73. The summed E-state index contributed by atoms with van der Waals surface area (Å²) in [4.78, 5) is 3.11. The second kappa shape index (κ2) is 7.32. The first kappa shape index (κ1) is 15.6. The van der Waals surface area contributed by atoms with Gasteiger partial charge in [0, 0.05) is 26.0 Å². The molecule has 0 aliphatic carbocycles. The molecule has 0 saturated carbocycles. The summed E-state index contributed by atoms with van der Waals surface area (Å²) >= 11 is 7.76. The molecule has 0 fully saturated rings. The molecule has 1 atom stereocenters. The van der Waals surface area contributed by atoms with Gasteiger partial charge in [0.05, 0.1) is 0 Å². The van der Waals surface area contributed by atoms with Crippen molar-refractivity contribution in [3.8, 4) is 0 Å². The minimum atomic E-state index is 0.425. The first-order valence-electron chi connectivity index (χ1n) is 7.44. The molecule has 1 aromatic carbocycles. The number of benzene rings is 1. The normalized spacial score (nSPS) is 15.7. The summed E-state index contributed by atoms with van der Waals surface area (Å²) in [6.45, 7) is 3.20. The van der Waals surface area contributed by atoms with Crippen molar-refractivity contribution in [3.05, 3.63) is 55.7 Å². The van der Waals surface area contributed by atoms with Gasteiger partial charge >= 0.3 is 0 Å². The van der Waals surface area contributed by atoms with Crippen LogP contribution in [0.4, 0.5) is 0 Å². The topological polar surface area (TPSA) is 12.0 Å². The predicted octanol–water partition coefficient (Wildman–Crippen LogP) is 5.19. The number of hydrogen-bond donors (Lipinski definition) is 1. The van der Waals surface area contributed by atoms with Crippen LogP contribution in [0.1, 0.15) is 33.8 Å². The molecule has 2 aromatic rings. The molecule has 0 spiro atoms. The quantitative estimate of drug-likeness (QED) is 0.764. The Hall–Kier alpha value is -0.290. The number of hydrogen-bond acceptors (Lipinski definition) is 3. The van der Waals surface area contributed by atoms with Crippen LogP contribution in [0, 0.1) is 0 Å². The fourth-order valence-electron chi connectivity index (χ4n) is 2.75. The number of halogens is 1. The second-order valence-electron chi connectivity index (χ2n) is 5.31. The van der Waals surface area contributed by atoms with Crippen LogP contribution >= 0.6 is 39.0 Å². The van der Waals surface area contributed by atoms with Gasteiger partial charge in [0.15, 0.2) is 0 Å². The van der Waals surface area contributed by atoms with E-state index >= 15 is 0 Å². The van der Waals surface area contributed by atoms with Gasteiger partial charge in [-0.3, -0.25) is 0 Å². The molecule has 21 heavy (non-hydrogen) atoms. The number of thioether (sulfide) groups is 1. The predicted molar refractivity (Wildman–Crippen MR) is 98.4 cm³/mol. The van der Waals surface area contributed by atoms with Crippen molar-refractivity contribution < 1.29 is 0 Å². The van der Waals surface area contributed by atoms with E-state index in [-0.39, 0.29) is 0 Å². The van der Waals surface area contributed by atoms with Crippen LogP contribution in [0.25, 0.3) is 0 Å². The first-order valence-corrected chi connectivity index (χ1v) is 10.2. The summed E-state index contributed by atoms with van der Waals surface area (Å²) in [5.74, 6) is 2.47. The summed E-state index contributed by atoms with van der Waals surface area (Å²) in [7, 11) is 0. The highest BCUT2D eigenvalue weighted by Crippen LogP contribution is 2.36. The van der Waals surface area contributed by atoms with E-state index in [1.807, 2.05) is 11.3 Å². The maximum atomic E-state index is 3.68. The summed E-state index contributed by atoms with van der Waals surface area (Å²) in [6.07, 6.45) is 2.29. The number of rotatable bonds is 5. The molecule has 2 heterocycles. The minimum Gasteiger partial charge on any atom is -0.309 e. The number of nitrogens with one attached hydrogen (secondary N) is 1. The Bertz CT molecular complexity index is 585. The van der Waals surface area contributed by atoms with E-state index < -0.39 is 0 Å². The summed E-state index contributed by atoms with van der Waals surface area (Å²) in [5.41, 5.74) is 2.95. The van der Waals surface area contributed by atoms with E-state index in [2.05, 4.69) is 70.3 Å². The number of likely N-dealkylation sites (N-methyl/N-ethyl adjacent to an activating group) is 1. The number of thiophene rings is 1.